The second-order valence-electron chi connectivity index (χ2n) is 5.01. The molecule has 2 rings (SSSR count). The molecule has 96 valence electrons. The molecule has 1 aromatic rings. The molecule has 4 heteroatoms. The summed E-state index contributed by atoms with van der Waals surface area (Å²) in [6.45, 7) is -0.0155. The molecule has 0 saturated heterocycles. The Morgan fingerprint density at radius 1 is 1.29 bits per heavy atom. The van der Waals surface area contributed by atoms with Crippen molar-refractivity contribution in [3.05, 3.63) is 18.2 Å². The van der Waals surface area contributed by atoms with Crippen LogP contribution in [0.25, 0.3) is 0 Å². The lowest BCUT2D eigenvalue weighted by Crippen LogP contribution is -2.21. The fraction of sp³-hybridized carbons (Fsp3) is 0.769. The molecule has 1 unspecified atom stereocenters. The van der Waals surface area contributed by atoms with Gasteiger partial charge < -0.3 is 15.4 Å². The molecular weight excluding hydrogens is 214 g/mol. The van der Waals surface area contributed by atoms with Gasteiger partial charge in [0.1, 0.15) is 0 Å². The van der Waals surface area contributed by atoms with Crippen LogP contribution in [-0.2, 0) is 0 Å². The molecule has 1 atom stereocenters. The first-order chi connectivity index (χ1) is 8.33. The van der Waals surface area contributed by atoms with E-state index in [1.54, 1.807) is 6.20 Å². The van der Waals surface area contributed by atoms with E-state index in [1.165, 1.54) is 44.9 Å². The van der Waals surface area contributed by atoms with Gasteiger partial charge in [-0.1, -0.05) is 32.1 Å². The average molecular weight is 237 g/mol. The van der Waals surface area contributed by atoms with E-state index in [-0.39, 0.29) is 12.6 Å². The summed E-state index contributed by atoms with van der Waals surface area (Å²) in [4.78, 5) is 4.19. The maximum Gasteiger partial charge on any atom is 0.0951 e. The number of hydrogen-bond acceptors (Lipinski definition) is 3. The lowest BCUT2D eigenvalue weighted by atomic mass is 9.96. The zero-order valence-electron chi connectivity index (χ0n) is 10.4. The van der Waals surface area contributed by atoms with Crippen LogP contribution in [0.15, 0.2) is 12.5 Å². The first kappa shape index (κ1) is 12.6. The zero-order chi connectivity index (χ0) is 12.1. The summed E-state index contributed by atoms with van der Waals surface area (Å²) in [5, 5.41) is 9.16. The highest BCUT2D eigenvalue weighted by Crippen LogP contribution is 2.28. The summed E-state index contributed by atoms with van der Waals surface area (Å²) in [5.74, 6) is 0. The highest BCUT2D eigenvalue weighted by atomic mass is 16.3. The minimum Gasteiger partial charge on any atom is -0.394 e. The molecule has 1 aliphatic carbocycles. The van der Waals surface area contributed by atoms with Crippen LogP contribution in [0.2, 0.25) is 0 Å². The molecule has 1 saturated carbocycles. The Kier molecular flexibility index (Phi) is 4.57. The molecule has 0 aromatic carbocycles. The summed E-state index contributed by atoms with van der Waals surface area (Å²) in [6, 6.07) is 0.216. The number of imidazole rings is 1. The first-order valence-electron chi connectivity index (χ1n) is 6.71. The maximum absolute atomic E-state index is 9.16. The lowest BCUT2D eigenvalue weighted by Gasteiger charge is -2.24. The molecular formula is C13H23N3O. The van der Waals surface area contributed by atoms with Crippen LogP contribution in [0.1, 0.15) is 62.7 Å². The zero-order valence-corrected chi connectivity index (χ0v) is 10.4. The smallest absolute Gasteiger partial charge is 0.0951 e. The van der Waals surface area contributed by atoms with E-state index < -0.39 is 0 Å². The third kappa shape index (κ3) is 3.07. The minimum absolute atomic E-state index is 0.0155. The van der Waals surface area contributed by atoms with Crippen LogP contribution in [0.3, 0.4) is 0 Å². The Morgan fingerprint density at radius 2 is 1.94 bits per heavy atom. The molecule has 1 aliphatic rings. The summed E-state index contributed by atoms with van der Waals surface area (Å²) in [7, 11) is 0. The van der Waals surface area contributed by atoms with Gasteiger partial charge in [-0.3, -0.25) is 0 Å². The van der Waals surface area contributed by atoms with Crippen molar-refractivity contribution in [3.8, 4) is 0 Å². The molecule has 3 N–H and O–H groups in total. The van der Waals surface area contributed by atoms with Crippen molar-refractivity contribution in [2.24, 2.45) is 5.73 Å². The largest absolute Gasteiger partial charge is 0.394 e. The molecule has 17 heavy (non-hydrogen) atoms. The third-order valence-electron chi connectivity index (χ3n) is 3.74. The highest BCUT2D eigenvalue weighted by Gasteiger charge is 2.18. The average Bonchev–Trinajstić information content (AvgIpc) is 2.76. The topological polar surface area (TPSA) is 64.1 Å². The fourth-order valence-electron chi connectivity index (χ4n) is 2.71. The molecule has 4 nitrogen and oxygen atoms in total. The minimum atomic E-state index is -0.303. The van der Waals surface area contributed by atoms with E-state index in [4.69, 9.17) is 10.8 Å². The van der Waals surface area contributed by atoms with E-state index in [9.17, 15) is 0 Å². The third-order valence-corrected chi connectivity index (χ3v) is 3.74. The van der Waals surface area contributed by atoms with Gasteiger partial charge in [0.05, 0.1) is 24.7 Å². The molecule has 1 heterocycles. The van der Waals surface area contributed by atoms with E-state index in [0.29, 0.717) is 6.04 Å². The van der Waals surface area contributed by atoms with Crippen molar-refractivity contribution in [1.29, 1.82) is 0 Å². The number of aliphatic hydroxyl groups is 1. The number of aliphatic hydroxyl groups excluding tert-OH is 1. The fourth-order valence-corrected chi connectivity index (χ4v) is 2.71. The van der Waals surface area contributed by atoms with Gasteiger partial charge in [-0.05, 0) is 12.8 Å². The Labute approximate surface area is 103 Å². The van der Waals surface area contributed by atoms with Crippen molar-refractivity contribution in [2.45, 2.75) is 57.0 Å². The molecule has 0 radical (unpaired) electrons. The van der Waals surface area contributed by atoms with Crippen LogP contribution in [-0.4, -0.2) is 21.3 Å². The molecule has 0 aliphatic heterocycles. The predicted octanol–water partition coefficient (Wildman–Crippen LogP) is 2.16. The predicted molar refractivity (Wildman–Crippen MR) is 67.6 cm³/mol. The van der Waals surface area contributed by atoms with Gasteiger partial charge in [0.15, 0.2) is 0 Å². The van der Waals surface area contributed by atoms with Crippen molar-refractivity contribution in [1.82, 2.24) is 9.55 Å². The van der Waals surface area contributed by atoms with Crippen molar-refractivity contribution in [2.75, 3.05) is 6.61 Å². The lowest BCUT2D eigenvalue weighted by molar-refractivity contribution is 0.258. The molecule has 0 bridgehead atoms. The monoisotopic (exact) mass is 237 g/mol. The normalized spacial score (nSPS) is 20.8. The second-order valence-corrected chi connectivity index (χ2v) is 5.01. The molecule has 1 fully saturated rings. The van der Waals surface area contributed by atoms with Gasteiger partial charge in [-0.25, -0.2) is 4.98 Å². The van der Waals surface area contributed by atoms with E-state index in [0.717, 1.165) is 5.69 Å². The first-order valence-corrected chi connectivity index (χ1v) is 6.71. The number of aromatic nitrogens is 2. The van der Waals surface area contributed by atoms with Gasteiger partial charge in [0, 0.05) is 12.2 Å². The van der Waals surface area contributed by atoms with Gasteiger partial charge in [0.25, 0.3) is 0 Å². The van der Waals surface area contributed by atoms with Crippen molar-refractivity contribution >= 4 is 0 Å². The van der Waals surface area contributed by atoms with Crippen LogP contribution in [0.4, 0.5) is 0 Å². The van der Waals surface area contributed by atoms with E-state index in [1.807, 2.05) is 6.33 Å². The van der Waals surface area contributed by atoms with Crippen LogP contribution in [0, 0.1) is 0 Å². The van der Waals surface area contributed by atoms with Crippen LogP contribution in [0.5, 0.6) is 0 Å². The number of nitrogens with zero attached hydrogens (tertiary/aromatic N) is 2. The summed E-state index contributed by atoms with van der Waals surface area (Å²) < 4.78 is 2.19. The second kappa shape index (κ2) is 6.17. The Balaban J connectivity index is 2.11. The van der Waals surface area contributed by atoms with Crippen LogP contribution >= 0.6 is 0 Å². The van der Waals surface area contributed by atoms with Crippen molar-refractivity contribution < 1.29 is 5.11 Å². The Hall–Kier alpha value is -0.870. The quantitative estimate of drug-likeness (QED) is 0.846. The van der Waals surface area contributed by atoms with Gasteiger partial charge in [0.2, 0.25) is 0 Å². The van der Waals surface area contributed by atoms with E-state index in [2.05, 4.69) is 9.55 Å². The summed E-state index contributed by atoms with van der Waals surface area (Å²) in [5.41, 5.74) is 6.88. The SMILES string of the molecule is NC(CO)c1cncn1C1CCCCCCC1. The van der Waals surface area contributed by atoms with E-state index >= 15 is 0 Å². The molecule has 0 amide bonds. The molecule has 1 aromatic heterocycles. The van der Waals surface area contributed by atoms with Gasteiger partial charge in [-0.2, -0.15) is 0 Å². The molecule has 0 spiro atoms. The standard InChI is InChI=1S/C13H23N3O/c14-12(9-17)13-8-15-10-16(13)11-6-4-2-1-3-5-7-11/h8,10-12,17H,1-7,9,14H2. The number of hydrogen-bond donors (Lipinski definition) is 2. The van der Waals surface area contributed by atoms with Gasteiger partial charge in [-0.15, -0.1) is 0 Å². The highest BCUT2D eigenvalue weighted by molar-refractivity contribution is 5.06. The summed E-state index contributed by atoms with van der Waals surface area (Å²) in [6.07, 6.45) is 12.7. The van der Waals surface area contributed by atoms with Crippen LogP contribution < -0.4 is 5.73 Å². The Bertz CT molecular complexity index is 329. The number of nitrogens with two attached hydrogens (primary N) is 1. The van der Waals surface area contributed by atoms with Crippen molar-refractivity contribution in [3.63, 3.8) is 0 Å². The number of rotatable bonds is 3. The van der Waals surface area contributed by atoms with Gasteiger partial charge >= 0.3 is 0 Å². The maximum atomic E-state index is 9.16. The summed E-state index contributed by atoms with van der Waals surface area (Å²) >= 11 is 0. The Morgan fingerprint density at radius 3 is 2.59 bits per heavy atom.